The van der Waals surface area contributed by atoms with Gasteiger partial charge >= 0.3 is 5.69 Å². The van der Waals surface area contributed by atoms with Crippen LogP contribution in [0.3, 0.4) is 0 Å². The zero-order valence-electron chi connectivity index (χ0n) is 29.8. The quantitative estimate of drug-likeness (QED) is 0.216. The molecule has 4 aromatic rings. The minimum Gasteiger partial charge on any atom is -0.397 e. The highest BCUT2D eigenvalue weighted by Gasteiger charge is 2.41. The third-order valence-electron chi connectivity index (χ3n) is 12.5. The topological polar surface area (TPSA) is 124 Å². The first-order chi connectivity index (χ1) is 25.2. The van der Waals surface area contributed by atoms with Crippen LogP contribution >= 0.6 is 11.6 Å². The van der Waals surface area contributed by atoms with Gasteiger partial charge in [0.2, 0.25) is 11.8 Å². The molecule has 12 heteroatoms. The monoisotopic (exact) mass is 722 g/mol. The number of hydrogen-bond donors (Lipinski definition) is 2. The maximum atomic E-state index is 14.3. The van der Waals surface area contributed by atoms with Gasteiger partial charge in [0.05, 0.1) is 39.4 Å². The van der Waals surface area contributed by atoms with E-state index >= 15 is 0 Å². The second kappa shape index (κ2) is 14.2. The summed E-state index contributed by atoms with van der Waals surface area (Å²) in [6.45, 7) is 3.99. The Balaban J connectivity index is 0.954. The first kappa shape index (κ1) is 34.7. The average Bonchev–Trinajstić information content (AvgIpc) is 3.59. The molecule has 3 atom stereocenters. The van der Waals surface area contributed by atoms with Crippen molar-refractivity contribution in [2.45, 2.75) is 75.5 Å². The third-order valence-corrected chi connectivity index (χ3v) is 12.8. The molecule has 0 radical (unpaired) electrons. The Bertz CT molecular complexity index is 2090. The van der Waals surface area contributed by atoms with E-state index in [1.54, 1.807) is 22.9 Å². The summed E-state index contributed by atoms with van der Waals surface area (Å²) in [7, 11) is 2.27. The number of nitrogens with one attached hydrogen (secondary N) is 1. The molecule has 2 bridgehead atoms. The van der Waals surface area contributed by atoms with E-state index in [1.807, 2.05) is 34.1 Å². The third kappa shape index (κ3) is 6.46. The summed E-state index contributed by atoms with van der Waals surface area (Å²) < 4.78 is 1.80. The molecular weight excluding hydrogens is 676 g/mol. The van der Waals surface area contributed by atoms with E-state index in [4.69, 9.17) is 23.8 Å². The van der Waals surface area contributed by atoms with Crippen molar-refractivity contribution >= 4 is 51.0 Å². The number of benzene rings is 2. The molecule has 2 amide bonds. The maximum Gasteiger partial charge on any atom is 0.326 e. The molecule has 4 aliphatic rings. The summed E-state index contributed by atoms with van der Waals surface area (Å²) in [5.41, 5.74) is 9.95. The van der Waals surface area contributed by atoms with Crippen LogP contribution in [-0.2, 0) is 16.0 Å². The predicted molar refractivity (Wildman–Crippen MR) is 204 cm³/mol. The number of imidazole rings is 1. The van der Waals surface area contributed by atoms with Gasteiger partial charge in [-0.15, -0.1) is 6.42 Å². The molecule has 0 saturated carbocycles. The lowest BCUT2D eigenvalue weighted by atomic mass is 9.91. The Morgan fingerprint density at radius 2 is 1.69 bits per heavy atom. The van der Waals surface area contributed by atoms with Crippen molar-refractivity contribution in [2.24, 2.45) is 5.92 Å². The van der Waals surface area contributed by atoms with Gasteiger partial charge in [0.1, 0.15) is 0 Å². The Morgan fingerprint density at radius 1 is 0.981 bits per heavy atom. The average molecular weight is 723 g/mol. The Labute approximate surface area is 309 Å². The van der Waals surface area contributed by atoms with Gasteiger partial charge < -0.3 is 25.4 Å². The second-order valence-corrected chi connectivity index (χ2v) is 15.7. The summed E-state index contributed by atoms with van der Waals surface area (Å²) >= 11 is 6.46. The number of pyridine rings is 1. The molecule has 8 rings (SSSR count). The van der Waals surface area contributed by atoms with Crippen molar-refractivity contribution in [3.8, 4) is 12.3 Å². The van der Waals surface area contributed by atoms with Crippen molar-refractivity contribution in [2.75, 3.05) is 52.0 Å². The number of aromatic amines is 1. The van der Waals surface area contributed by atoms with Crippen molar-refractivity contribution < 1.29 is 9.59 Å². The van der Waals surface area contributed by atoms with Crippen LogP contribution in [0.5, 0.6) is 0 Å². The molecule has 0 aliphatic carbocycles. The minimum atomic E-state index is -0.572. The van der Waals surface area contributed by atoms with E-state index in [0.29, 0.717) is 79.8 Å². The number of piperazine rings is 1. The number of nitrogens with zero attached hydrogens (tertiary/aromatic N) is 6. The Kier molecular flexibility index (Phi) is 9.49. The number of piperidine rings is 2. The largest absolute Gasteiger partial charge is 0.397 e. The lowest BCUT2D eigenvalue weighted by Gasteiger charge is -2.45. The predicted octanol–water partition coefficient (Wildman–Crippen LogP) is 4.28. The van der Waals surface area contributed by atoms with E-state index < -0.39 is 5.92 Å². The van der Waals surface area contributed by atoms with Gasteiger partial charge in [-0.1, -0.05) is 35.7 Å². The van der Waals surface area contributed by atoms with Gasteiger partial charge in [0.25, 0.3) is 0 Å². The molecule has 52 heavy (non-hydrogen) atoms. The normalized spacial score (nSPS) is 23.7. The van der Waals surface area contributed by atoms with E-state index in [2.05, 4.69) is 32.7 Å². The lowest BCUT2D eigenvalue weighted by molar-refractivity contribution is -0.143. The number of carbonyl (C=O) groups excluding carboxylic acids is 2. The van der Waals surface area contributed by atoms with E-state index in [9.17, 15) is 14.4 Å². The van der Waals surface area contributed by atoms with Crippen molar-refractivity contribution in [3.05, 3.63) is 69.2 Å². The summed E-state index contributed by atoms with van der Waals surface area (Å²) in [6, 6.07) is 13.2. The van der Waals surface area contributed by atoms with Crippen LogP contribution < -0.4 is 11.4 Å². The first-order valence-corrected chi connectivity index (χ1v) is 19.1. The number of hydrogen-bond acceptors (Lipinski definition) is 7. The number of amides is 2. The van der Waals surface area contributed by atoms with E-state index in [-0.39, 0.29) is 30.0 Å². The number of fused-ring (bicyclic) bond motifs is 5. The fraction of sp³-hybridized carbons (Fsp3) is 0.500. The fourth-order valence-corrected chi connectivity index (χ4v) is 9.73. The smallest absolute Gasteiger partial charge is 0.326 e. The number of nitrogens with two attached hydrogens (primary N) is 1. The number of anilines is 1. The van der Waals surface area contributed by atoms with Crippen LogP contribution in [0.15, 0.2) is 47.4 Å². The number of terminal acetylenes is 1. The molecule has 4 fully saturated rings. The summed E-state index contributed by atoms with van der Waals surface area (Å²) in [5.74, 6) is 1.96. The number of likely N-dealkylation sites (tertiary alicyclic amines) is 1. The molecule has 6 heterocycles. The molecule has 2 unspecified atom stereocenters. The molecule has 4 aliphatic heterocycles. The van der Waals surface area contributed by atoms with Crippen molar-refractivity contribution in [1.29, 1.82) is 0 Å². The van der Waals surface area contributed by atoms with E-state index in [1.165, 1.54) is 25.7 Å². The highest BCUT2D eigenvalue weighted by molar-refractivity contribution is 6.33. The minimum absolute atomic E-state index is 0.00777. The number of nitrogen functional groups attached to an aromatic ring is 1. The molecular formula is C40H47ClN8O3. The Morgan fingerprint density at radius 3 is 2.40 bits per heavy atom. The van der Waals surface area contributed by atoms with Gasteiger partial charge in [0.15, 0.2) is 0 Å². The summed E-state index contributed by atoms with van der Waals surface area (Å²) in [4.78, 5) is 58.1. The van der Waals surface area contributed by atoms with Crippen LogP contribution in [0, 0.1) is 18.3 Å². The van der Waals surface area contributed by atoms with E-state index in [0.717, 1.165) is 40.6 Å². The lowest BCUT2D eigenvalue weighted by Crippen LogP contribution is -2.56. The van der Waals surface area contributed by atoms with Crippen LogP contribution in [0.4, 0.5) is 5.69 Å². The number of para-hydroxylation sites is 1. The summed E-state index contributed by atoms with van der Waals surface area (Å²) in [6.07, 6.45) is 14.1. The zero-order valence-corrected chi connectivity index (χ0v) is 30.5. The highest BCUT2D eigenvalue weighted by Crippen LogP contribution is 2.37. The van der Waals surface area contributed by atoms with Gasteiger partial charge in [-0.25, -0.2) is 4.79 Å². The molecule has 0 spiro atoms. The Hall–Kier alpha value is -4.37. The number of H-pyrrole nitrogens is 1. The molecule has 11 nitrogen and oxygen atoms in total. The maximum absolute atomic E-state index is 14.3. The number of carbonyl (C=O) groups is 2. The van der Waals surface area contributed by atoms with Crippen LogP contribution in [-0.4, -0.2) is 110 Å². The molecule has 272 valence electrons. The second-order valence-electron chi connectivity index (χ2n) is 15.3. The standard InChI is InChI=1S/C40H47ClN8O3/c1-3-26-18-25(20-33(41)37(26)42)19-27(39(51)48-16-14-46(15-17-48)31-22-29-8-9-30(23-31)45(29)2)21-36(50)47-12-10-28(11-13-47)49-35-24-43-34-7-5-4-6-32(34)38(35)44-40(49)52/h1,4-7,18,20,24,27-31H,8-17,19,21-23,42H2,2H3,(H,44,52)/t27-,29?,30?,31?/m0/s1. The number of halogens is 1. The van der Waals surface area contributed by atoms with Crippen molar-refractivity contribution in [3.63, 3.8) is 0 Å². The molecule has 4 saturated heterocycles. The van der Waals surface area contributed by atoms with Gasteiger partial charge in [-0.3, -0.25) is 24.0 Å². The first-order valence-electron chi connectivity index (χ1n) is 18.7. The highest BCUT2D eigenvalue weighted by atomic mass is 35.5. The molecule has 3 N–H and O–H groups in total. The van der Waals surface area contributed by atoms with Gasteiger partial charge in [-0.05, 0) is 75.8 Å². The molecule has 2 aromatic heterocycles. The van der Waals surface area contributed by atoms with Gasteiger partial charge in [-0.2, -0.15) is 0 Å². The number of aromatic nitrogens is 3. The fourth-order valence-electron chi connectivity index (χ4n) is 9.49. The zero-order chi connectivity index (χ0) is 36.1. The van der Waals surface area contributed by atoms with Gasteiger partial charge in [0, 0.05) is 80.8 Å². The van der Waals surface area contributed by atoms with Crippen LogP contribution in [0.2, 0.25) is 5.02 Å². The van der Waals surface area contributed by atoms with Crippen LogP contribution in [0.25, 0.3) is 21.9 Å². The van der Waals surface area contributed by atoms with Crippen LogP contribution in [0.1, 0.15) is 62.1 Å². The number of rotatable bonds is 7. The molecule has 2 aromatic carbocycles. The SMILES string of the molecule is C#Cc1cc(C[C@@H](CC(=O)N2CCC(n3c(=O)[nH]c4c5ccccc5ncc43)CC2)C(=O)N2CCN(C3CC4CCC(C3)N4C)CC2)cc(Cl)c1N. The van der Waals surface area contributed by atoms with Crippen molar-refractivity contribution in [1.82, 2.24) is 34.1 Å². The summed E-state index contributed by atoms with van der Waals surface area (Å²) in [5, 5.41) is 1.26.